The molecule has 0 spiro atoms. The Morgan fingerprint density at radius 2 is 0.571 bits per heavy atom. The topological polar surface area (TPSA) is 24.9 Å². The van der Waals surface area contributed by atoms with Gasteiger partial charge in [-0.05, 0) is 27.3 Å². The van der Waals surface area contributed by atoms with Crippen molar-refractivity contribution >= 4 is 0 Å². The van der Waals surface area contributed by atoms with Gasteiger partial charge in [-0.25, -0.2) is 92.9 Å². The number of alkyl halides is 18. The number of nitrogens with zero attached hydrogens (tertiary/aromatic N) is 2. The van der Waals surface area contributed by atoms with E-state index < -0.39 is 239 Å². The number of hydrogen-bond acceptors (Lipinski definition) is 4. The zero-order valence-electron chi connectivity index (χ0n) is 43.5. The molecule has 518 valence electrons. The summed E-state index contributed by atoms with van der Waals surface area (Å²) < 4.78 is 534. The first kappa shape index (κ1) is 82.3. The van der Waals surface area contributed by atoms with Gasteiger partial charge < -0.3 is 0 Å². The summed E-state index contributed by atoms with van der Waals surface area (Å²) in [6.45, 7) is 1.72. The summed E-state index contributed by atoms with van der Waals surface area (Å²) in [7, 11) is -0.260. The fourth-order valence-corrected chi connectivity index (χ4v) is 6.00. The summed E-state index contributed by atoms with van der Waals surface area (Å²) >= 11 is 0. The van der Waals surface area contributed by atoms with Gasteiger partial charge in [0.05, 0.1) is 22.3 Å². The fraction of sp³-hybridized carbons (Fsp3) is 0.378. The van der Waals surface area contributed by atoms with Crippen LogP contribution in [0.25, 0.3) is 22.3 Å². The largest absolute Gasteiger partial charge is 0.439 e. The summed E-state index contributed by atoms with van der Waals surface area (Å²) in [4.78, 5) is -3.31. The summed E-state index contributed by atoms with van der Waals surface area (Å²) in [5.41, 5.74) is -10.4. The Morgan fingerprint density at radius 1 is 0.363 bits per heavy atom. The highest BCUT2D eigenvalue weighted by Crippen LogP contribution is 2.56. The Morgan fingerprint density at radius 3 is 0.758 bits per heavy atom. The molecular formula is C45H22F42N2O2. The van der Waals surface area contributed by atoms with Crippen LogP contribution < -0.4 is 0 Å². The fourth-order valence-electron chi connectivity index (χ4n) is 6.00. The minimum atomic E-state index is -5.70. The van der Waals surface area contributed by atoms with Gasteiger partial charge in [-0.3, -0.25) is 0 Å². The van der Waals surface area contributed by atoms with Gasteiger partial charge in [0, 0.05) is 24.6 Å². The van der Waals surface area contributed by atoms with Crippen LogP contribution in [0.2, 0.25) is 0 Å². The van der Waals surface area contributed by atoms with Gasteiger partial charge in [0.15, 0.2) is 98.9 Å². The summed E-state index contributed by atoms with van der Waals surface area (Å²) in [6, 6.07) is -22.1. The zero-order valence-corrected chi connectivity index (χ0v) is 43.5. The first-order chi connectivity index (χ1) is 40.5. The molecule has 2 saturated heterocycles. The third kappa shape index (κ3) is 15.7. The molecule has 2 heterocycles. The van der Waals surface area contributed by atoms with Gasteiger partial charge in [0.2, 0.25) is 17.5 Å². The van der Waals surface area contributed by atoms with Crippen molar-refractivity contribution in [3.63, 3.8) is 0 Å². The maximum absolute atomic E-state index is 13.8. The summed E-state index contributed by atoms with van der Waals surface area (Å²) in [6.07, 6.45) is -28.5. The van der Waals surface area contributed by atoms with Gasteiger partial charge in [-0.1, -0.05) is 13.8 Å². The number of hydrogen-bond donors (Lipinski definition) is 0. The van der Waals surface area contributed by atoms with E-state index in [1.54, 1.807) is 0 Å². The third-order valence-corrected chi connectivity index (χ3v) is 10.7. The molecule has 0 aliphatic carbocycles. The Hall–Kier alpha value is -6.74. The first-order valence-corrected chi connectivity index (χ1v) is 21.9. The minimum Gasteiger partial charge on any atom is -0.243 e. The van der Waals surface area contributed by atoms with Crippen LogP contribution in [0.3, 0.4) is 0 Å². The Bertz CT molecular complexity index is 3150. The first-order valence-electron chi connectivity index (χ1n) is 21.9. The molecule has 4 aromatic rings. The van der Waals surface area contributed by atoms with E-state index in [0.717, 1.165) is 6.92 Å². The van der Waals surface area contributed by atoms with Crippen LogP contribution in [0.15, 0.2) is 23.8 Å². The van der Waals surface area contributed by atoms with Gasteiger partial charge >= 0.3 is 66.7 Å². The molecule has 2 aliphatic rings. The number of halogens is 42. The second-order valence-corrected chi connectivity index (χ2v) is 16.6. The van der Waals surface area contributed by atoms with Crippen molar-refractivity contribution in [2.24, 2.45) is 0 Å². The third-order valence-electron chi connectivity index (χ3n) is 10.7. The van der Waals surface area contributed by atoms with Crippen molar-refractivity contribution in [3.8, 4) is 22.3 Å². The number of likely N-dealkylation sites (N-methyl/N-ethyl adjacent to an activating group) is 2. The lowest BCUT2D eigenvalue weighted by molar-refractivity contribution is -0.562. The van der Waals surface area contributed by atoms with Crippen LogP contribution in [0.5, 0.6) is 0 Å². The average Bonchev–Trinajstić information content (AvgIpc) is 0.747. The summed E-state index contributed by atoms with van der Waals surface area (Å²) in [5.74, 6) is -50.8. The van der Waals surface area contributed by atoms with E-state index in [-0.39, 0.29) is 14.0 Å². The van der Waals surface area contributed by atoms with Gasteiger partial charge in [0.25, 0.3) is 0 Å². The monoisotopic (exact) mass is 1420 g/mol. The van der Waals surface area contributed by atoms with Crippen molar-refractivity contribution in [1.29, 1.82) is 0 Å². The molecule has 0 atom stereocenters. The quantitative estimate of drug-likeness (QED) is 0.0861. The molecule has 0 unspecified atom stereocenters. The molecule has 91 heavy (non-hydrogen) atoms. The van der Waals surface area contributed by atoms with Crippen molar-refractivity contribution in [2.45, 2.75) is 95.6 Å². The lowest BCUT2D eigenvalue weighted by Gasteiger charge is -2.46. The predicted molar refractivity (Wildman–Crippen MR) is 216 cm³/mol. The van der Waals surface area contributed by atoms with E-state index >= 15 is 0 Å². The number of rotatable bonds is 5. The SMILES string of the molecule is CC(F)(F)C(F)=C(F)F.CC(F)=C(F)F.CCN1C(F)(F)C(F)(F)OC(F)(F)C1(F)F.CCc1c(F)c(F)c(-c2c(F)c(F)c(F)c(F)c2F)c(F)c1F.CN1C(F)(F)C(F)(F)OC(F)(F)C1(F)F.Cc1c(F)c(F)c(-c2c(F)c(F)c(F)c(F)c2F)c(F)c1F. The molecule has 4 aromatic carbocycles. The maximum atomic E-state index is 13.8. The smallest absolute Gasteiger partial charge is 0.243 e. The molecular weight excluding hydrogens is 1400 g/mol. The Labute approximate surface area is 475 Å². The van der Waals surface area contributed by atoms with E-state index in [1.165, 1.54) is 0 Å². The zero-order chi connectivity index (χ0) is 72.6. The number of morpholine rings is 2. The Kier molecular flexibility index (Phi) is 25.5. The highest BCUT2D eigenvalue weighted by molar-refractivity contribution is 5.69. The molecule has 0 bridgehead atoms. The molecule has 2 aliphatic heterocycles. The standard InChI is InChI=1S/C14H5F9.C13H3F9.C6H5F8NO.C5H3F8NO.C4H3F5.C3H3F3/c1-2-3-6(15)8(17)4(9(18)7(3)16)5-10(19)12(21)14(23)13(22)11(5)20;1-2-5(14)7(16)3(8(17)6(2)15)4-9(18)11(20)13(22)12(21)10(4)19;1-2-15-3(7,8)5(11,12)16-6(13,14)4(15,9)10;1-14-2(6,7)4(10,11)15-5(12,13)3(14,8)9;1-4(8,9)2(5)3(6)7;1-2(4)3(5)6/h2H2,1H3;1H3;2H2,1H3;1H3;1H3;1H3. The number of ether oxygens (including phenoxy) is 2. The van der Waals surface area contributed by atoms with Crippen LogP contribution in [0.1, 0.15) is 38.8 Å². The lowest BCUT2D eigenvalue weighted by atomic mass is 9.98. The molecule has 0 radical (unpaired) electrons. The molecule has 0 N–H and O–H groups in total. The second-order valence-electron chi connectivity index (χ2n) is 16.6. The number of allylic oxidation sites excluding steroid dienone is 2. The molecule has 0 saturated carbocycles. The molecule has 6 rings (SSSR count). The van der Waals surface area contributed by atoms with E-state index in [9.17, 15) is 184 Å². The number of benzene rings is 4. The molecule has 0 aromatic heterocycles. The highest BCUT2D eigenvalue weighted by Gasteiger charge is 2.83. The predicted octanol–water partition coefficient (Wildman–Crippen LogP) is 19.9. The van der Waals surface area contributed by atoms with E-state index in [2.05, 4.69) is 9.47 Å². The minimum absolute atomic E-state index is 0.0570. The van der Waals surface area contributed by atoms with Gasteiger partial charge in [-0.2, -0.15) is 111 Å². The van der Waals surface area contributed by atoms with Crippen molar-refractivity contribution in [3.05, 3.63) is 140 Å². The molecule has 2 fully saturated rings. The highest BCUT2D eigenvalue weighted by atomic mass is 19.4. The maximum Gasteiger partial charge on any atom is 0.439 e. The van der Waals surface area contributed by atoms with Gasteiger partial charge in [0.1, 0.15) is 0 Å². The molecule has 46 heteroatoms. The van der Waals surface area contributed by atoms with E-state index in [1.807, 2.05) is 0 Å². The van der Waals surface area contributed by atoms with E-state index in [0.29, 0.717) is 20.8 Å². The van der Waals surface area contributed by atoms with Crippen molar-refractivity contribution < 1.29 is 194 Å². The molecule has 0 amide bonds. The van der Waals surface area contributed by atoms with E-state index in [4.69, 9.17) is 0 Å². The van der Waals surface area contributed by atoms with Crippen LogP contribution in [0, 0.1) is 112 Å². The lowest BCUT2D eigenvalue weighted by Crippen LogP contribution is -2.73. The summed E-state index contributed by atoms with van der Waals surface area (Å²) in [5, 5.41) is 0. The Balaban J connectivity index is 0.000000570. The normalized spacial score (nSPS) is 18.1. The van der Waals surface area contributed by atoms with Crippen LogP contribution >= 0.6 is 0 Å². The van der Waals surface area contributed by atoms with Gasteiger partial charge in [-0.15, -0.1) is 0 Å². The van der Waals surface area contributed by atoms with Crippen LogP contribution in [0.4, 0.5) is 184 Å². The van der Waals surface area contributed by atoms with Crippen molar-refractivity contribution in [2.75, 3.05) is 13.6 Å². The van der Waals surface area contributed by atoms with Crippen molar-refractivity contribution in [1.82, 2.24) is 9.80 Å². The average molecular weight is 1420 g/mol. The molecule has 4 nitrogen and oxygen atoms in total. The van der Waals surface area contributed by atoms with Crippen LogP contribution in [-0.2, 0) is 15.9 Å². The van der Waals surface area contributed by atoms with Crippen LogP contribution in [-0.4, -0.2) is 77.9 Å². The second kappa shape index (κ2) is 28.2.